The maximum absolute atomic E-state index is 13.4. The normalized spacial score (nSPS) is 19.0. The van der Waals surface area contributed by atoms with Crippen LogP contribution in [0.25, 0.3) is 0 Å². The Morgan fingerprint density at radius 3 is 2.45 bits per heavy atom. The van der Waals surface area contributed by atoms with Gasteiger partial charge in [0, 0.05) is 55.1 Å². The minimum absolute atomic E-state index is 0. The highest BCUT2D eigenvalue weighted by atomic mass is 35.5. The number of hydrogen-bond acceptors (Lipinski definition) is 5. The first kappa shape index (κ1) is 22.3. The zero-order chi connectivity index (χ0) is 19.4. The van der Waals surface area contributed by atoms with Gasteiger partial charge in [-0.1, -0.05) is 18.9 Å². The monoisotopic (exact) mass is 453 g/mol. The van der Waals surface area contributed by atoms with E-state index in [1.807, 2.05) is 16.8 Å². The molecule has 158 valence electrons. The second-order valence-corrected chi connectivity index (χ2v) is 9.40. The molecule has 5 nitrogen and oxygen atoms in total. The number of nitrogens with zero attached hydrogens (tertiary/aromatic N) is 2. The van der Waals surface area contributed by atoms with Gasteiger partial charge >= 0.3 is 0 Å². The van der Waals surface area contributed by atoms with E-state index in [1.54, 1.807) is 11.3 Å². The molecular weight excluding hydrogens is 426 g/mol. The van der Waals surface area contributed by atoms with E-state index in [0.717, 1.165) is 64.0 Å². The maximum Gasteiger partial charge on any atom is 0.252 e. The van der Waals surface area contributed by atoms with Crippen LogP contribution in [0.2, 0.25) is 0 Å². The highest BCUT2D eigenvalue weighted by Gasteiger charge is 2.46. The first-order valence-corrected chi connectivity index (χ1v) is 11.9. The summed E-state index contributed by atoms with van der Waals surface area (Å²) in [6, 6.07) is 6.05. The number of carbonyl (C=O) groups excluding carboxylic acids is 2. The zero-order valence-corrected chi connectivity index (χ0v) is 18.9. The Morgan fingerprint density at radius 2 is 1.83 bits per heavy atom. The van der Waals surface area contributed by atoms with Gasteiger partial charge in [-0.05, 0) is 35.7 Å². The van der Waals surface area contributed by atoms with Crippen LogP contribution >= 0.6 is 35.1 Å². The average molecular weight is 454 g/mol. The molecule has 8 heteroatoms. The SMILES string of the molecule is Cl.O=C(NCCN1CCN(C(=O)C2(c3cccs3)CCCC2)CC1)c1ccsc1. The topological polar surface area (TPSA) is 52.7 Å². The maximum atomic E-state index is 13.4. The molecule has 0 bridgehead atoms. The molecule has 2 amide bonds. The Balaban J connectivity index is 0.00000240. The largest absolute Gasteiger partial charge is 0.351 e. The second-order valence-electron chi connectivity index (χ2n) is 7.67. The van der Waals surface area contributed by atoms with Crippen molar-refractivity contribution in [2.24, 2.45) is 0 Å². The number of halogens is 1. The first-order chi connectivity index (χ1) is 13.7. The molecule has 0 unspecified atom stereocenters. The van der Waals surface area contributed by atoms with Gasteiger partial charge in [0.15, 0.2) is 0 Å². The molecule has 1 aliphatic carbocycles. The van der Waals surface area contributed by atoms with E-state index in [1.165, 1.54) is 16.2 Å². The Labute approximate surface area is 186 Å². The summed E-state index contributed by atoms with van der Waals surface area (Å²) < 4.78 is 0. The highest BCUT2D eigenvalue weighted by Crippen LogP contribution is 2.44. The summed E-state index contributed by atoms with van der Waals surface area (Å²) >= 11 is 3.26. The lowest BCUT2D eigenvalue weighted by atomic mass is 9.82. The molecular formula is C21H28ClN3O2S2. The zero-order valence-electron chi connectivity index (χ0n) is 16.5. The molecule has 0 radical (unpaired) electrons. The smallest absolute Gasteiger partial charge is 0.252 e. The highest BCUT2D eigenvalue weighted by molar-refractivity contribution is 7.10. The predicted octanol–water partition coefficient (Wildman–Crippen LogP) is 3.62. The molecule has 0 spiro atoms. The molecule has 3 heterocycles. The molecule has 0 atom stereocenters. The molecule has 2 aromatic heterocycles. The Hall–Kier alpha value is -1.41. The predicted molar refractivity (Wildman–Crippen MR) is 121 cm³/mol. The van der Waals surface area contributed by atoms with E-state index in [0.29, 0.717) is 12.5 Å². The molecule has 0 aromatic carbocycles. The van der Waals surface area contributed by atoms with Gasteiger partial charge in [-0.3, -0.25) is 14.5 Å². The van der Waals surface area contributed by atoms with E-state index < -0.39 is 0 Å². The van der Waals surface area contributed by atoms with Crippen molar-refractivity contribution < 1.29 is 9.59 Å². The van der Waals surface area contributed by atoms with Gasteiger partial charge in [0.2, 0.25) is 5.91 Å². The van der Waals surface area contributed by atoms with Crippen molar-refractivity contribution in [3.05, 3.63) is 44.8 Å². The molecule has 2 fully saturated rings. The summed E-state index contributed by atoms with van der Waals surface area (Å²) in [5.74, 6) is 0.326. The third kappa shape index (κ3) is 4.85. The number of amides is 2. The van der Waals surface area contributed by atoms with E-state index in [2.05, 4.69) is 32.6 Å². The molecule has 1 saturated heterocycles. The van der Waals surface area contributed by atoms with E-state index >= 15 is 0 Å². The summed E-state index contributed by atoms with van der Waals surface area (Å²) in [6.07, 6.45) is 4.27. The van der Waals surface area contributed by atoms with Gasteiger partial charge in [0.05, 0.1) is 5.41 Å². The molecule has 2 aromatic rings. The number of carbonyl (C=O) groups is 2. The second kappa shape index (κ2) is 10.1. The molecule has 1 N–H and O–H groups in total. The standard InChI is InChI=1S/C21H27N3O2S2.ClH/c25-19(17-5-15-27-16-17)22-8-9-23-10-12-24(13-11-23)20(26)21(6-1-2-7-21)18-4-3-14-28-18;/h3-5,14-16H,1-2,6-13H2,(H,22,25);1H. The van der Waals surface area contributed by atoms with Gasteiger partial charge in [0.25, 0.3) is 5.91 Å². The van der Waals surface area contributed by atoms with Crippen molar-refractivity contribution in [2.45, 2.75) is 31.1 Å². The van der Waals surface area contributed by atoms with E-state index in [9.17, 15) is 9.59 Å². The number of piperazine rings is 1. The average Bonchev–Trinajstić information content (AvgIpc) is 3.50. The van der Waals surface area contributed by atoms with Crippen LogP contribution in [0.1, 0.15) is 40.9 Å². The van der Waals surface area contributed by atoms with Crippen LogP contribution in [-0.4, -0.2) is 60.9 Å². The Bertz CT molecular complexity index is 781. The molecule has 29 heavy (non-hydrogen) atoms. The van der Waals surface area contributed by atoms with Crippen LogP contribution < -0.4 is 5.32 Å². The third-order valence-electron chi connectivity index (χ3n) is 6.02. The van der Waals surface area contributed by atoms with E-state index in [4.69, 9.17) is 0 Å². The minimum atomic E-state index is -0.273. The van der Waals surface area contributed by atoms with Crippen LogP contribution in [0.15, 0.2) is 34.3 Å². The van der Waals surface area contributed by atoms with Gasteiger partial charge in [-0.15, -0.1) is 23.7 Å². The van der Waals surface area contributed by atoms with Crippen LogP contribution in [0.5, 0.6) is 0 Å². The lowest BCUT2D eigenvalue weighted by Crippen LogP contribution is -2.54. The van der Waals surface area contributed by atoms with Gasteiger partial charge in [-0.2, -0.15) is 11.3 Å². The summed E-state index contributed by atoms with van der Waals surface area (Å²) in [5, 5.41) is 8.85. The van der Waals surface area contributed by atoms with Gasteiger partial charge < -0.3 is 10.2 Å². The van der Waals surface area contributed by atoms with Crippen LogP contribution in [0, 0.1) is 0 Å². The van der Waals surface area contributed by atoms with Crippen LogP contribution in [0.4, 0.5) is 0 Å². The number of hydrogen-bond donors (Lipinski definition) is 1. The van der Waals surface area contributed by atoms with Gasteiger partial charge in [-0.25, -0.2) is 0 Å². The quantitative estimate of drug-likeness (QED) is 0.726. The lowest BCUT2D eigenvalue weighted by Gasteiger charge is -2.39. The minimum Gasteiger partial charge on any atom is -0.351 e. The van der Waals surface area contributed by atoms with Crippen molar-refractivity contribution in [3.63, 3.8) is 0 Å². The first-order valence-electron chi connectivity index (χ1n) is 10.1. The van der Waals surface area contributed by atoms with Gasteiger partial charge in [0.1, 0.15) is 0 Å². The summed E-state index contributed by atoms with van der Waals surface area (Å²) in [4.78, 5) is 31.1. The summed E-state index contributed by atoms with van der Waals surface area (Å²) in [7, 11) is 0. The van der Waals surface area contributed by atoms with Crippen molar-refractivity contribution in [3.8, 4) is 0 Å². The number of nitrogens with one attached hydrogen (secondary N) is 1. The lowest BCUT2D eigenvalue weighted by molar-refractivity contribution is -0.139. The fourth-order valence-corrected chi connectivity index (χ4v) is 6.01. The number of thiophene rings is 2. The molecule has 4 rings (SSSR count). The number of rotatable bonds is 6. The Kier molecular flexibility index (Phi) is 7.73. The third-order valence-corrected chi connectivity index (χ3v) is 7.77. The van der Waals surface area contributed by atoms with Crippen molar-refractivity contribution in [1.82, 2.24) is 15.1 Å². The molecule has 1 saturated carbocycles. The Morgan fingerprint density at radius 1 is 1.07 bits per heavy atom. The fraction of sp³-hybridized carbons (Fsp3) is 0.524. The van der Waals surface area contributed by atoms with Crippen molar-refractivity contribution in [2.75, 3.05) is 39.3 Å². The van der Waals surface area contributed by atoms with Crippen LogP contribution in [0.3, 0.4) is 0 Å². The molecule has 1 aliphatic heterocycles. The summed E-state index contributed by atoms with van der Waals surface area (Å²) in [5.41, 5.74) is 0.459. The van der Waals surface area contributed by atoms with Crippen molar-refractivity contribution in [1.29, 1.82) is 0 Å². The summed E-state index contributed by atoms with van der Waals surface area (Å²) in [6.45, 7) is 4.78. The van der Waals surface area contributed by atoms with E-state index in [-0.39, 0.29) is 23.7 Å². The van der Waals surface area contributed by atoms with Crippen molar-refractivity contribution >= 4 is 46.9 Å². The van der Waals surface area contributed by atoms with Crippen LogP contribution in [-0.2, 0) is 10.2 Å². The fourth-order valence-electron chi connectivity index (χ4n) is 4.40. The molecule has 2 aliphatic rings.